The topological polar surface area (TPSA) is 47.6 Å². The maximum Gasteiger partial charge on any atom is 0.135 e. The first-order valence-corrected chi connectivity index (χ1v) is 16.4. The van der Waals surface area contributed by atoms with Crippen molar-refractivity contribution in [3.63, 3.8) is 0 Å². The van der Waals surface area contributed by atoms with Crippen molar-refractivity contribution >= 4 is 5.78 Å². The molecule has 2 heterocycles. The highest BCUT2D eigenvalue weighted by molar-refractivity contribution is 5.78. The summed E-state index contributed by atoms with van der Waals surface area (Å²) >= 11 is 0. The molecule has 0 amide bonds. The standard InChI is InChI=1S/C39H46N4O/c44-39(19-23-42-25-21-40-29-37(42)27-31-11-15-35(16-12-31)33-7-3-1-4-8-33)20-24-43-26-22-41-30-38(43)28-32-13-17-36(18-14-32)34-9-5-2-6-10-34/h1-18,37-38,40-41H,19-30H2. The summed E-state index contributed by atoms with van der Waals surface area (Å²) in [6.07, 6.45) is 3.29. The van der Waals surface area contributed by atoms with Gasteiger partial charge < -0.3 is 10.6 Å². The predicted octanol–water partition coefficient (Wildman–Crippen LogP) is 5.70. The minimum Gasteiger partial charge on any atom is -0.314 e. The molecule has 0 aliphatic carbocycles. The van der Waals surface area contributed by atoms with Gasteiger partial charge in [0.25, 0.3) is 0 Å². The molecule has 0 spiro atoms. The molecule has 0 aromatic heterocycles. The molecule has 44 heavy (non-hydrogen) atoms. The van der Waals surface area contributed by atoms with E-state index in [2.05, 4.69) is 130 Å². The van der Waals surface area contributed by atoms with Gasteiger partial charge in [0.2, 0.25) is 0 Å². The van der Waals surface area contributed by atoms with E-state index in [0.717, 1.165) is 65.2 Å². The Morgan fingerprint density at radius 2 is 0.932 bits per heavy atom. The highest BCUT2D eigenvalue weighted by atomic mass is 16.1. The molecule has 5 heteroatoms. The number of carbonyl (C=O) groups excluding carboxylic acids is 1. The predicted molar refractivity (Wildman–Crippen MR) is 182 cm³/mol. The maximum atomic E-state index is 13.1. The first kappa shape index (κ1) is 30.4. The van der Waals surface area contributed by atoms with Crippen molar-refractivity contribution in [2.24, 2.45) is 0 Å². The van der Waals surface area contributed by atoms with Gasteiger partial charge in [0.15, 0.2) is 0 Å². The van der Waals surface area contributed by atoms with E-state index in [0.29, 0.717) is 30.7 Å². The smallest absolute Gasteiger partial charge is 0.135 e. The Bertz CT molecular complexity index is 1330. The van der Waals surface area contributed by atoms with Gasteiger partial charge in [-0.2, -0.15) is 0 Å². The summed E-state index contributed by atoms with van der Waals surface area (Å²) in [5.74, 6) is 0.388. The van der Waals surface area contributed by atoms with E-state index in [-0.39, 0.29) is 0 Å². The number of ketones is 1. The molecule has 0 saturated carbocycles. The van der Waals surface area contributed by atoms with Crippen molar-refractivity contribution in [2.75, 3.05) is 52.4 Å². The van der Waals surface area contributed by atoms with Crippen LogP contribution in [0.5, 0.6) is 0 Å². The fraction of sp³-hybridized carbons (Fsp3) is 0.359. The molecule has 2 aliphatic rings. The number of hydrogen-bond donors (Lipinski definition) is 2. The Hall–Kier alpha value is -3.61. The lowest BCUT2D eigenvalue weighted by Crippen LogP contribution is -2.53. The molecule has 0 bridgehead atoms. The Balaban J connectivity index is 0.970. The van der Waals surface area contributed by atoms with Gasteiger partial charge in [-0.25, -0.2) is 0 Å². The van der Waals surface area contributed by atoms with Gasteiger partial charge in [-0.05, 0) is 46.2 Å². The number of benzene rings is 4. The minimum absolute atomic E-state index is 0.388. The van der Waals surface area contributed by atoms with Crippen LogP contribution in [0.1, 0.15) is 24.0 Å². The second-order valence-electron chi connectivity index (χ2n) is 12.4. The lowest BCUT2D eigenvalue weighted by atomic mass is 9.98. The van der Waals surface area contributed by atoms with Crippen molar-refractivity contribution in [3.8, 4) is 22.3 Å². The van der Waals surface area contributed by atoms with Crippen molar-refractivity contribution in [1.82, 2.24) is 20.4 Å². The lowest BCUT2D eigenvalue weighted by Gasteiger charge is -2.37. The van der Waals surface area contributed by atoms with Crippen molar-refractivity contribution in [3.05, 3.63) is 120 Å². The van der Waals surface area contributed by atoms with Gasteiger partial charge in [0, 0.05) is 77.3 Å². The fourth-order valence-corrected chi connectivity index (χ4v) is 6.73. The molecular weight excluding hydrogens is 540 g/mol. The molecule has 2 unspecified atom stereocenters. The Labute approximate surface area is 263 Å². The van der Waals surface area contributed by atoms with Crippen LogP contribution in [0.2, 0.25) is 0 Å². The summed E-state index contributed by atoms with van der Waals surface area (Å²) in [6.45, 7) is 7.65. The van der Waals surface area contributed by atoms with E-state index in [4.69, 9.17) is 0 Å². The summed E-state index contributed by atoms with van der Waals surface area (Å²) in [4.78, 5) is 18.2. The maximum absolute atomic E-state index is 13.1. The number of nitrogens with zero attached hydrogens (tertiary/aromatic N) is 2. The van der Waals surface area contributed by atoms with E-state index in [1.165, 1.54) is 33.4 Å². The van der Waals surface area contributed by atoms with Gasteiger partial charge in [-0.15, -0.1) is 0 Å². The second kappa shape index (κ2) is 15.4. The summed E-state index contributed by atoms with van der Waals surface area (Å²) in [5, 5.41) is 7.15. The van der Waals surface area contributed by atoms with Gasteiger partial charge in [0.05, 0.1) is 0 Å². The molecule has 0 radical (unpaired) electrons. The van der Waals surface area contributed by atoms with Crippen molar-refractivity contribution < 1.29 is 4.79 Å². The number of hydrogen-bond acceptors (Lipinski definition) is 5. The third kappa shape index (κ3) is 8.30. The number of piperazine rings is 2. The first-order valence-electron chi connectivity index (χ1n) is 16.4. The minimum atomic E-state index is 0.388. The first-order chi connectivity index (χ1) is 21.7. The van der Waals surface area contributed by atoms with Gasteiger partial charge >= 0.3 is 0 Å². The van der Waals surface area contributed by atoms with Gasteiger partial charge in [0.1, 0.15) is 5.78 Å². The fourth-order valence-electron chi connectivity index (χ4n) is 6.73. The molecule has 2 atom stereocenters. The zero-order valence-electron chi connectivity index (χ0n) is 25.8. The van der Waals surface area contributed by atoms with Crippen LogP contribution in [0.3, 0.4) is 0 Å². The average molecular weight is 587 g/mol. The van der Waals surface area contributed by atoms with Gasteiger partial charge in [-0.1, -0.05) is 109 Å². The molecule has 4 aromatic carbocycles. The molecule has 4 aromatic rings. The van der Waals surface area contributed by atoms with Crippen LogP contribution in [0, 0.1) is 0 Å². The molecular formula is C39H46N4O. The third-order valence-corrected chi connectivity index (χ3v) is 9.36. The largest absolute Gasteiger partial charge is 0.314 e. The van der Waals surface area contributed by atoms with Crippen molar-refractivity contribution in [1.29, 1.82) is 0 Å². The zero-order chi connectivity index (χ0) is 30.0. The molecule has 2 aliphatic heterocycles. The van der Waals surface area contributed by atoms with Crippen molar-refractivity contribution in [2.45, 2.75) is 37.8 Å². The zero-order valence-corrected chi connectivity index (χ0v) is 25.8. The SMILES string of the molecule is O=C(CCN1CCNCC1Cc1ccc(-c2ccccc2)cc1)CCN1CCNCC1Cc1ccc(-c2ccccc2)cc1. The Morgan fingerprint density at radius 1 is 0.545 bits per heavy atom. The number of carbonyl (C=O) groups is 1. The molecule has 2 fully saturated rings. The number of nitrogens with one attached hydrogen (secondary N) is 2. The quantitative estimate of drug-likeness (QED) is 0.223. The highest BCUT2D eigenvalue weighted by Gasteiger charge is 2.25. The van der Waals surface area contributed by atoms with Crippen LogP contribution in [0.4, 0.5) is 0 Å². The Morgan fingerprint density at radius 3 is 1.34 bits per heavy atom. The van der Waals surface area contributed by atoms with E-state index >= 15 is 0 Å². The molecule has 2 saturated heterocycles. The van der Waals surface area contributed by atoms with Crippen LogP contribution >= 0.6 is 0 Å². The van der Waals surface area contributed by atoms with E-state index < -0.39 is 0 Å². The van der Waals surface area contributed by atoms with Crippen LogP contribution in [-0.4, -0.2) is 80.0 Å². The number of rotatable bonds is 12. The van der Waals surface area contributed by atoms with Crippen LogP contribution in [0.25, 0.3) is 22.3 Å². The Kier molecular flexibility index (Phi) is 10.6. The average Bonchev–Trinajstić information content (AvgIpc) is 3.09. The normalized spacial score (nSPS) is 19.5. The highest BCUT2D eigenvalue weighted by Crippen LogP contribution is 2.22. The molecule has 6 rings (SSSR count). The van der Waals surface area contributed by atoms with E-state index in [9.17, 15) is 4.79 Å². The second-order valence-corrected chi connectivity index (χ2v) is 12.4. The molecule has 228 valence electrons. The van der Waals surface area contributed by atoms with Crippen LogP contribution < -0.4 is 10.6 Å². The summed E-state index contributed by atoms with van der Waals surface area (Å²) in [7, 11) is 0. The van der Waals surface area contributed by atoms with E-state index in [1.807, 2.05) is 0 Å². The molecule has 2 N–H and O–H groups in total. The number of Topliss-reactive ketones (excluding diaryl/α,β-unsaturated/α-hetero) is 1. The molecule has 5 nitrogen and oxygen atoms in total. The lowest BCUT2D eigenvalue weighted by molar-refractivity contribution is -0.120. The summed E-state index contributed by atoms with van der Waals surface area (Å²) in [5.41, 5.74) is 7.73. The summed E-state index contributed by atoms with van der Waals surface area (Å²) < 4.78 is 0. The third-order valence-electron chi connectivity index (χ3n) is 9.36. The van der Waals surface area contributed by atoms with E-state index in [1.54, 1.807) is 0 Å². The van der Waals surface area contributed by atoms with Crippen LogP contribution in [0.15, 0.2) is 109 Å². The van der Waals surface area contributed by atoms with Crippen LogP contribution in [-0.2, 0) is 17.6 Å². The summed E-state index contributed by atoms with van der Waals surface area (Å²) in [6, 6.07) is 39.9. The van der Waals surface area contributed by atoms with Gasteiger partial charge in [-0.3, -0.25) is 14.6 Å². The monoisotopic (exact) mass is 586 g/mol.